The molecule has 0 aromatic heterocycles. The van der Waals surface area contributed by atoms with E-state index in [9.17, 15) is 9.90 Å². The molecule has 0 aliphatic carbocycles. The molecule has 1 aromatic carbocycles. The van der Waals surface area contributed by atoms with Gasteiger partial charge in [-0.25, -0.2) is 4.79 Å². The summed E-state index contributed by atoms with van der Waals surface area (Å²) in [6.45, 7) is 2.02. The average Bonchev–Trinajstić information content (AvgIpc) is 2.61. The number of hydrogen-bond donors (Lipinski definition) is 1. The van der Waals surface area contributed by atoms with Crippen molar-refractivity contribution in [3.63, 3.8) is 0 Å². The SMILES string of the molecule is COC[C@]1(C)Oc2ccc(C(=O)OC)cc2[C@H]1O. The van der Waals surface area contributed by atoms with Crippen LogP contribution in [0.3, 0.4) is 0 Å². The zero-order valence-corrected chi connectivity index (χ0v) is 10.6. The molecule has 0 amide bonds. The molecule has 5 heteroatoms. The minimum atomic E-state index is -0.836. The normalized spacial score (nSPS) is 25.4. The van der Waals surface area contributed by atoms with Crippen LogP contribution in [0.5, 0.6) is 5.75 Å². The van der Waals surface area contributed by atoms with Gasteiger partial charge in [0.1, 0.15) is 11.9 Å². The van der Waals surface area contributed by atoms with Gasteiger partial charge in [-0.2, -0.15) is 0 Å². The van der Waals surface area contributed by atoms with E-state index in [4.69, 9.17) is 9.47 Å². The predicted molar refractivity (Wildman–Crippen MR) is 63.7 cm³/mol. The van der Waals surface area contributed by atoms with E-state index >= 15 is 0 Å². The van der Waals surface area contributed by atoms with Gasteiger partial charge >= 0.3 is 5.97 Å². The Labute approximate surface area is 105 Å². The molecule has 0 saturated heterocycles. The zero-order valence-electron chi connectivity index (χ0n) is 10.6. The van der Waals surface area contributed by atoms with E-state index in [1.165, 1.54) is 7.11 Å². The largest absolute Gasteiger partial charge is 0.482 e. The number of rotatable bonds is 3. The summed E-state index contributed by atoms with van der Waals surface area (Å²) in [5.41, 5.74) is 0.143. The number of fused-ring (bicyclic) bond motifs is 1. The first-order chi connectivity index (χ1) is 8.51. The van der Waals surface area contributed by atoms with Crippen molar-refractivity contribution in [2.24, 2.45) is 0 Å². The van der Waals surface area contributed by atoms with Crippen LogP contribution in [0, 0.1) is 0 Å². The van der Waals surface area contributed by atoms with Crippen LogP contribution < -0.4 is 4.74 Å². The van der Waals surface area contributed by atoms with E-state index < -0.39 is 17.7 Å². The molecule has 18 heavy (non-hydrogen) atoms. The minimum Gasteiger partial charge on any atom is -0.482 e. The van der Waals surface area contributed by atoms with Crippen molar-refractivity contribution in [3.8, 4) is 5.75 Å². The zero-order chi connectivity index (χ0) is 13.3. The van der Waals surface area contributed by atoms with Crippen LogP contribution >= 0.6 is 0 Å². The van der Waals surface area contributed by atoms with E-state index in [-0.39, 0.29) is 6.61 Å². The molecule has 0 saturated carbocycles. The topological polar surface area (TPSA) is 65.0 Å². The third-order valence-corrected chi connectivity index (χ3v) is 3.08. The highest BCUT2D eigenvalue weighted by Gasteiger charge is 2.44. The lowest BCUT2D eigenvalue weighted by molar-refractivity contribution is -0.0618. The fourth-order valence-corrected chi connectivity index (χ4v) is 2.13. The molecule has 0 bridgehead atoms. The van der Waals surface area contributed by atoms with Gasteiger partial charge in [-0.05, 0) is 25.1 Å². The maximum Gasteiger partial charge on any atom is 0.337 e. The minimum absolute atomic E-state index is 0.260. The van der Waals surface area contributed by atoms with E-state index in [0.29, 0.717) is 16.9 Å². The average molecular weight is 252 g/mol. The summed E-state index contributed by atoms with van der Waals surface area (Å²) >= 11 is 0. The first-order valence-electron chi connectivity index (χ1n) is 5.60. The quantitative estimate of drug-likeness (QED) is 0.821. The van der Waals surface area contributed by atoms with E-state index in [2.05, 4.69) is 4.74 Å². The Kier molecular flexibility index (Phi) is 3.28. The molecule has 0 spiro atoms. The van der Waals surface area contributed by atoms with Gasteiger partial charge in [0.2, 0.25) is 0 Å². The van der Waals surface area contributed by atoms with Gasteiger partial charge in [-0.15, -0.1) is 0 Å². The number of methoxy groups -OCH3 is 2. The summed E-state index contributed by atoms with van der Waals surface area (Å²) in [7, 11) is 2.86. The number of hydrogen-bond acceptors (Lipinski definition) is 5. The molecular formula is C13H16O5. The van der Waals surface area contributed by atoms with Crippen molar-refractivity contribution in [2.45, 2.75) is 18.6 Å². The lowest BCUT2D eigenvalue weighted by Crippen LogP contribution is -2.39. The Morgan fingerprint density at radius 1 is 1.50 bits per heavy atom. The second-order valence-corrected chi connectivity index (χ2v) is 4.49. The van der Waals surface area contributed by atoms with E-state index in [0.717, 1.165) is 0 Å². The molecule has 98 valence electrons. The Morgan fingerprint density at radius 3 is 2.83 bits per heavy atom. The van der Waals surface area contributed by atoms with Gasteiger partial charge < -0.3 is 19.3 Å². The Morgan fingerprint density at radius 2 is 2.22 bits per heavy atom. The summed E-state index contributed by atoms with van der Waals surface area (Å²) in [5, 5.41) is 10.3. The number of carbonyl (C=O) groups is 1. The number of carbonyl (C=O) groups excluding carboxylic acids is 1. The molecule has 0 radical (unpaired) electrons. The van der Waals surface area contributed by atoms with Crippen LogP contribution in [0.4, 0.5) is 0 Å². The van der Waals surface area contributed by atoms with Crippen LogP contribution in [0.25, 0.3) is 0 Å². The van der Waals surface area contributed by atoms with Gasteiger partial charge in [0.25, 0.3) is 0 Å². The van der Waals surface area contributed by atoms with Crippen molar-refractivity contribution in [1.82, 2.24) is 0 Å². The van der Waals surface area contributed by atoms with Gasteiger partial charge in [0, 0.05) is 12.7 Å². The summed E-state index contributed by atoms with van der Waals surface area (Å²) in [6.07, 6.45) is -0.836. The van der Waals surface area contributed by atoms with Gasteiger partial charge in [-0.3, -0.25) is 0 Å². The standard InChI is InChI=1S/C13H16O5/c1-13(7-16-2)11(14)9-6-8(12(15)17-3)4-5-10(9)18-13/h4-6,11,14H,7H2,1-3H3/t11-,13+/m1/s1. The second kappa shape index (κ2) is 4.59. The lowest BCUT2D eigenvalue weighted by atomic mass is 9.95. The Balaban J connectivity index is 2.35. The number of esters is 1. The van der Waals surface area contributed by atoms with Crippen molar-refractivity contribution < 1.29 is 24.1 Å². The fourth-order valence-electron chi connectivity index (χ4n) is 2.13. The summed E-state index contributed by atoms with van der Waals surface area (Å²) < 4.78 is 15.4. The van der Waals surface area contributed by atoms with Crippen molar-refractivity contribution >= 4 is 5.97 Å². The molecular weight excluding hydrogens is 236 g/mol. The van der Waals surface area contributed by atoms with Crippen LogP contribution in [0.2, 0.25) is 0 Å². The maximum absolute atomic E-state index is 11.4. The van der Waals surface area contributed by atoms with Gasteiger partial charge in [0.05, 0.1) is 19.3 Å². The van der Waals surface area contributed by atoms with Gasteiger partial charge in [0.15, 0.2) is 5.60 Å². The molecule has 5 nitrogen and oxygen atoms in total. The molecule has 1 aromatic rings. The molecule has 2 rings (SSSR count). The number of ether oxygens (including phenoxy) is 3. The molecule has 1 N–H and O–H groups in total. The van der Waals surface area contributed by atoms with Gasteiger partial charge in [-0.1, -0.05) is 0 Å². The maximum atomic E-state index is 11.4. The molecule has 2 atom stereocenters. The molecule has 1 heterocycles. The van der Waals surface area contributed by atoms with Crippen molar-refractivity contribution in [1.29, 1.82) is 0 Å². The summed E-state index contributed by atoms with van der Waals surface area (Å²) in [6, 6.07) is 4.86. The summed E-state index contributed by atoms with van der Waals surface area (Å²) in [5.74, 6) is 0.125. The highest BCUT2D eigenvalue weighted by atomic mass is 16.6. The summed E-state index contributed by atoms with van der Waals surface area (Å²) in [4.78, 5) is 11.4. The third kappa shape index (κ3) is 1.95. The Bertz CT molecular complexity index is 470. The highest BCUT2D eigenvalue weighted by molar-refractivity contribution is 5.89. The van der Waals surface area contributed by atoms with Crippen LogP contribution in [0.1, 0.15) is 28.9 Å². The molecule has 0 unspecified atom stereocenters. The number of aliphatic hydroxyl groups excluding tert-OH is 1. The van der Waals surface area contributed by atoms with Crippen molar-refractivity contribution in [2.75, 3.05) is 20.8 Å². The van der Waals surface area contributed by atoms with Crippen LogP contribution in [-0.2, 0) is 9.47 Å². The number of benzene rings is 1. The molecule has 0 fully saturated rings. The molecule has 1 aliphatic rings. The van der Waals surface area contributed by atoms with Crippen LogP contribution in [0.15, 0.2) is 18.2 Å². The van der Waals surface area contributed by atoms with E-state index in [1.807, 2.05) is 0 Å². The highest BCUT2D eigenvalue weighted by Crippen LogP contribution is 2.43. The third-order valence-electron chi connectivity index (χ3n) is 3.08. The number of aliphatic hydroxyl groups is 1. The van der Waals surface area contributed by atoms with Crippen molar-refractivity contribution in [3.05, 3.63) is 29.3 Å². The second-order valence-electron chi connectivity index (χ2n) is 4.49. The predicted octanol–water partition coefficient (Wildman–Crippen LogP) is 1.30. The monoisotopic (exact) mass is 252 g/mol. The molecule has 1 aliphatic heterocycles. The van der Waals surface area contributed by atoms with Crippen LogP contribution in [-0.4, -0.2) is 37.5 Å². The lowest BCUT2D eigenvalue weighted by Gasteiger charge is -2.26. The fraction of sp³-hybridized carbons (Fsp3) is 0.462. The smallest absolute Gasteiger partial charge is 0.337 e. The first kappa shape index (κ1) is 12.9. The first-order valence-corrected chi connectivity index (χ1v) is 5.60. The van der Waals surface area contributed by atoms with E-state index in [1.54, 1.807) is 32.2 Å². The Hall–Kier alpha value is -1.59.